The summed E-state index contributed by atoms with van der Waals surface area (Å²) in [4.78, 5) is 15.7. The van der Waals surface area contributed by atoms with E-state index in [-0.39, 0.29) is 12.1 Å². The SMILES string of the molecule is C[C@H](NC(=O)NC1CCC(CCN(Cc2ccccc2)Cc2ccccc2)CC1)C(O)(c1ccccc1)c1ccccc1. The number of aliphatic hydroxyl groups is 1. The van der Waals surface area contributed by atoms with Crippen molar-refractivity contribution in [2.45, 2.75) is 69.8 Å². The summed E-state index contributed by atoms with van der Waals surface area (Å²) in [5, 5.41) is 18.2. The lowest BCUT2D eigenvalue weighted by molar-refractivity contribution is 0.0470. The fourth-order valence-electron chi connectivity index (χ4n) is 6.44. The van der Waals surface area contributed by atoms with Crippen molar-refractivity contribution in [1.29, 1.82) is 0 Å². The average Bonchev–Trinajstić information content (AvgIpc) is 3.05. The Labute approximate surface area is 257 Å². The van der Waals surface area contributed by atoms with E-state index in [1.54, 1.807) is 0 Å². The minimum absolute atomic E-state index is 0.148. The Morgan fingerprint density at radius 2 is 1.19 bits per heavy atom. The minimum Gasteiger partial charge on any atom is -0.378 e. The van der Waals surface area contributed by atoms with E-state index in [0.29, 0.717) is 5.92 Å². The molecule has 4 aromatic rings. The van der Waals surface area contributed by atoms with Crippen molar-refractivity contribution in [2.75, 3.05) is 6.54 Å². The second-order valence-electron chi connectivity index (χ2n) is 12.0. The van der Waals surface area contributed by atoms with Crippen LogP contribution in [0.15, 0.2) is 121 Å². The molecule has 5 heteroatoms. The van der Waals surface area contributed by atoms with E-state index in [2.05, 4.69) is 76.2 Å². The molecule has 5 nitrogen and oxygen atoms in total. The minimum atomic E-state index is -1.34. The molecule has 4 aromatic carbocycles. The molecule has 1 aliphatic carbocycles. The lowest BCUT2D eigenvalue weighted by atomic mass is 9.81. The lowest BCUT2D eigenvalue weighted by Gasteiger charge is -2.36. The molecule has 1 saturated carbocycles. The maximum Gasteiger partial charge on any atom is 0.315 e. The van der Waals surface area contributed by atoms with Crippen molar-refractivity contribution in [3.8, 4) is 0 Å². The summed E-state index contributed by atoms with van der Waals surface area (Å²) in [5.41, 5.74) is 2.85. The van der Waals surface area contributed by atoms with Gasteiger partial charge >= 0.3 is 6.03 Å². The van der Waals surface area contributed by atoms with Crippen molar-refractivity contribution < 1.29 is 9.90 Å². The smallest absolute Gasteiger partial charge is 0.315 e. The molecule has 2 amide bonds. The van der Waals surface area contributed by atoms with E-state index in [1.807, 2.05) is 67.6 Å². The predicted molar refractivity (Wildman–Crippen MR) is 174 cm³/mol. The van der Waals surface area contributed by atoms with E-state index in [9.17, 15) is 9.90 Å². The molecule has 0 bridgehead atoms. The summed E-state index contributed by atoms with van der Waals surface area (Å²) >= 11 is 0. The largest absolute Gasteiger partial charge is 0.378 e. The Bertz CT molecular complexity index is 1290. The molecule has 0 aromatic heterocycles. The molecule has 43 heavy (non-hydrogen) atoms. The molecule has 1 aliphatic rings. The topological polar surface area (TPSA) is 64.6 Å². The second-order valence-corrected chi connectivity index (χ2v) is 12.0. The highest BCUT2D eigenvalue weighted by atomic mass is 16.3. The van der Waals surface area contributed by atoms with Crippen LogP contribution in [0.3, 0.4) is 0 Å². The summed E-state index contributed by atoms with van der Waals surface area (Å²) in [5.74, 6) is 0.662. The van der Waals surface area contributed by atoms with Gasteiger partial charge in [-0.1, -0.05) is 121 Å². The fourth-order valence-corrected chi connectivity index (χ4v) is 6.44. The van der Waals surface area contributed by atoms with Crippen molar-refractivity contribution in [1.82, 2.24) is 15.5 Å². The van der Waals surface area contributed by atoms with Gasteiger partial charge in [-0.3, -0.25) is 4.90 Å². The molecule has 0 heterocycles. The van der Waals surface area contributed by atoms with E-state index >= 15 is 0 Å². The average molecular weight is 576 g/mol. The Morgan fingerprint density at radius 3 is 1.65 bits per heavy atom. The zero-order chi connectivity index (χ0) is 29.9. The molecule has 224 valence electrons. The van der Waals surface area contributed by atoms with Gasteiger partial charge in [0.15, 0.2) is 0 Å². The van der Waals surface area contributed by atoms with Gasteiger partial charge in [-0.15, -0.1) is 0 Å². The Hall–Kier alpha value is -3.93. The molecular formula is C38H45N3O2. The van der Waals surface area contributed by atoms with Gasteiger partial charge in [0, 0.05) is 19.1 Å². The third kappa shape index (κ3) is 8.34. The first-order chi connectivity index (χ1) is 21.0. The number of carbonyl (C=O) groups is 1. The number of nitrogens with zero attached hydrogens (tertiary/aromatic N) is 1. The lowest BCUT2D eigenvalue weighted by Crippen LogP contribution is -2.54. The summed E-state index contributed by atoms with van der Waals surface area (Å²) in [6, 6.07) is 40.0. The van der Waals surface area contributed by atoms with Crippen LogP contribution in [0.1, 0.15) is 61.3 Å². The van der Waals surface area contributed by atoms with Gasteiger partial charge in [-0.25, -0.2) is 4.79 Å². The first-order valence-electron chi connectivity index (χ1n) is 15.7. The number of amides is 2. The number of carbonyl (C=O) groups excluding carboxylic acids is 1. The summed E-state index contributed by atoms with van der Waals surface area (Å²) in [7, 11) is 0. The monoisotopic (exact) mass is 575 g/mol. The Kier molecular flexibility index (Phi) is 10.6. The van der Waals surface area contributed by atoms with Crippen LogP contribution in [0.25, 0.3) is 0 Å². The van der Waals surface area contributed by atoms with Gasteiger partial charge in [0.05, 0.1) is 6.04 Å². The summed E-state index contributed by atoms with van der Waals surface area (Å²) in [6.45, 7) is 4.82. The Morgan fingerprint density at radius 1 is 0.744 bits per heavy atom. The number of urea groups is 1. The molecule has 0 saturated heterocycles. The first kappa shape index (κ1) is 30.5. The number of hydrogen-bond acceptors (Lipinski definition) is 3. The first-order valence-corrected chi connectivity index (χ1v) is 15.7. The van der Waals surface area contributed by atoms with Crippen LogP contribution in [0.4, 0.5) is 4.79 Å². The van der Waals surface area contributed by atoms with E-state index in [4.69, 9.17) is 0 Å². The van der Waals surface area contributed by atoms with Crippen molar-refractivity contribution in [3.63, 3.8) is 0 Å². The van der Waals surface area contributed by atoms with Crippen LogP contribution in [-0.2, 0) is 18.7 Å². The molecule has 0 unspecified atom stereocenters. The highest BCUT2D eigenvalue weighted by molar-refractivity contribution is 5.75. The van der Waals surface area contributed by atoms with Crippen molar-refractivity contribution in [3.05, 3.63) is 144 Å². The molecule has 3 N–H and O–H groups in total. The highest BCUT2D eigenvalue weighted by Crippen LogP contribution is 2.33. The van der Waals surface area contributed by atoms with Crippen LogP contribution in [0.5, 0.6) is 0 Å². The van der Waals surface area contributed by atoms with Gasteiger partial charge in [-0.05, 0) is 73.7 Å². The number of rotatable bonds is 12. The molecule has 0 radical (unpaired) electrons. The van der Waals surface area contributed by atoms with Crippen LogP contribution in [-0.4, -0.2) is 34.7 Å². The van der Waals surface area contributed by atoms with E-state index < -0.39 is 11.6 Å². The van der Waals surface area contributed by atoms with Crippen LogP contribution in [0.2, 0.25) is 0 Å². The van der Waals surface area contributed by atoms with Gasteiger partial charge in [0.1, 0.15) is 5.60 Å². The van der Waals surface area contributed by atoms with Crippen molar-refractivity contribution >= 4 is 6.03 Å². The van der Waals surface area contributed by atoms with Crippen LogP contribution < -0.4 is 10.6 Å². The zero-order valence-electron chi connectivity index (χ0n) is 25.2. The predicted octanol–water partition coefficient (Wildman–Crippen LogP) is 7.26. The number of nitrogens with one attached hydrogen (secondary N) is 2. The third-order valence-electron chi connectivity index (χ3n) is 8.94. The van der Waals surface area contributed by atoms with E-state index in [0.717, 1.165) is 62.9 Å². The number of benzene rings is 4. The maximum absolute atomic E-state index is 13.1. The molecule has 0 aliphatic heterocycles. The van der Waals surface area contributed by atoms with Gasteiger partial charge in [-0.2, -0.15) is 0 Å². The normalized spacial score (nSPS) is 17.7. The molecule has 1 atom stereocenters. The summed E-state index contributed by atoms with van der Waals surface area (Å²) in [6.07, 6.45) is 5.35. The quantitative estimate of drug-likeness (QED) is 0.167. The van der Waals surface area contributed by atoms with Gasteiger partial charge in [0.2, 0.25) is 0 Å². The van der Waals surface area contributed by atoms with E-state index in [1.165, 1.54) is 11.1 Å². The molecule has 1 fully saturated rings. The standard InChI is InChI=1S/C38H45N3O2/c1-30(38(43,34-18-10-4-11-19-34)35-20-12-5-13-21-35)39-37(42)40-36-24-22-31(23-25-36)26-27-41(28-32-14-6-2-7-15-32)29-33-16-8-3-9-17-33/h2-21,30-31,36,43H,22-29H2,1H3,(H2,39,40,42)/t30-,31?,36?/m0/s1. The molecule has 5 rings (SSSR count). The van der Waals surface area contributed by atoms with Crippen LogP contribution >= 0.6 is 0 Å². The number of hydrogen-bond donors (Lipinski definition) is 3. The fraction of sp³-hybridized carbons (Fsp3) is 0.342. The van der Waals surface area contributed by atoms with Gasteiger partial charge < -0.3 is 15.7 Å². The maximum atomic E-state index is 13.1. The second kappa shape index (κ2) is 15.0. The van der Waals surface area contributed by atoms with Crippen LogP contribution in [0, 0.1) is 5.92 Å². The molecule has 0 spiro atoms. The van der Waals surface area contributed by atoms with Gasteiger partial charge in [0.25, 0.3) is 0 Å². The zero-order valence-corrected chi connectivity index (χ0v) is 25.2. The third-order valence-corrected chi connectivity index (χ3v) is 8.94. The summed E-state index contributed by atoms with van der Waals surface area (Å²) < 4.78 is 0. The Balaban J connectivity index is 1.12. The highest BCUT2D eigenvalue weighted by Gasteiger charge is 2.38. The van der Waals surface area contributed by atoms with Crippen molar-refractivity contribution in [2.24, 2.45) is 5.92 Å². The molecular weight excluding hydrogens is 530 g/mol.